The number of methoxy groups -OCH3 is 1. The molecular weight excluding hydrogens is 378 g/mol. The first-order valence-electron chi connectivity index (χ1n) is 9.18. The van der Waals surface area contributed by atoms with Crippen molar-refractivity contribution in [2.24, 2.45) is 10.9 Å². The number of esters is 1. The van der Waals surface area contributed by atoms with Crippen molar-refractivity contribution < 1.29 is 19.1 Å². The number of hydrogen-bond acceptors (Lipinski definition) is 6. The van der Waals surface area contributed by atoms with Gasteiger partial charge in [0.25, 0.3) is 0 Å². The van der Waals surface area contributed by atoms with Crippen molar-refractivity contribution in [3.8, 4) is 0 Å². The van der Waals surface area contributed by atoms with E-state index in [9.17, 15) is 14.4 Å². The SMILES string of the molecule is CCN1C(=O)C(C(C)=N[C@@H](Cc2ccccc2)C(=O)OC)C(=O)N(CC)C1=S. The number of amides is 2. The zero-order chi connectivity index (χ0) is 20.8. The van der Waals surface area contributed by atoms with Crippen LogP contribution in [0, 0.1) is 5.92 Å². The van der Waals surface area contributed by atoms with Gasteiger partial charge in [-0.25, -0.2) is 4.79 Å². The van der Waals surface area contributed by atoms with Gasteiger partial charge in [0.05, 0.1) is 7.11 Å². The Hall–Kier alpha value is -2.61. The van der Waals surface area contributed by atoms with Gasteiger partial charge in [-0.1, -0.05) is 30.3 Å². The lowest BCUT2D eigenvalue weighted by Gasteiger charge is -2.38. The third-order valence-corrected chi connectivity index (χ3v) is 5.08. The predicted molar refractivity (Wildman–Crippen MR) is 110 cm³/mol. The molecule has 8 heteroatoms. The van der Waals surface area contributed by atoms with Crippen LogP contribution < -0.4 is 0 Å². The van der Waals surface area contributed by atoms with Crippen LogP contribution >= 0.6 is 12.2 Å². The summed E-state index contributed by atoms with van der Waals surface area (Å²) >= 11 is 5.27. The molecule has 0 aromatic heterocycles. The molecule has 1 atom stereocenters. The summed E-state index contributed by atoms with van der Waals surface area (Å²) in [7, 11) is 1.29. The molecule has 0 radical (unpaired) electrons. The lowest BCUT2D eigenvalue weighted by molar-refractivity contribution is -0.144. The topological polar surface area (TPSA) is 79.3 Å². The Labute approximate surface area is 170 Å². The van der Waals surface area contributed by atoms with Gasteiger partial charge in [0, 0.05) is 25.2 Å². The van der Waals surface area contributed by atoms with E-state index >= 15 is 0 Å². The Kier molecular flexibility index (Phi) is 7.39. The minimum Gasteiger partial charge on any atom is -0.467 e. The van der Waals surface area contributed by atoms with Gasteiger partial charge < -0.3 is 4.74 Å². The van der Waals surface area contributed by atoms with E-state index in [0.717, 1.165) is 5.56 Å². The highest BCUT2D eigenvalue weighted by molar-refractivity contribution is 7.80. The molecule has 1 aliphatic rings. The fourth-order valence-corrected chi connectivity index (χ4v) is 3.60. The van der Waals surface area contributed by atoms with Gasteiger partial charge in [0.2, 0.25) is 11.8 Å². The molecule has 2 rings (SSSR count). The summed E-state index contributed by atoms with van der Waals surface area (Å²) < 4.78 is 4.87. The van der Waals surface area contributed by atoms with Crippen LogP contribution in [-0.4, -0.2) is 64.6 Å². The maximum Gasteiger partial charge on any atom is 0.330 e. The number of thiocarbonyl (C=S) groups is 1. The molecule has 1 heterocycles. The number of benzene rings is 1. The highest BCUT2D eigenvalue weighted by atomic mass is 32.1. The lowest BCUT2D eigenvalue weighted by atomic mass is 9.97. The Morgan fingerprint density at radius 3 is 2.14 bits per heavy atom. The van der Waals surface area contributed by atoms with E-state index in [1.54, 1.807) is 20.8 Å². The summed E-state index contributed by atoms with van der Waals surface area (Å²) in [6.07, 6.45) is 0.313. The molecule has 1 aliphatic heterocycles. The molecule has 0 N–H and O–H groups in total. The first-order chi connectivity index (χ1) is 13.3. The van der Waals surface area contributed by atoms with E-state index in [1.165, 1.54) is 16.9 Å². The zero-order valence-electron chi connectivity index (χ0n) is 16.5. The Morgan fingerprint density at radius 1 is 1.14 bits per heavy atom. The van der Waals surface area contributed by atoms with E-state index in [2.05, 4.69) is 4.99 Å². The quantitative estimate of drug-likeness (QED) is 0.300. The largest absolute Gasteiger partial charge is 0.467 e. The summed E-state index contributed by atoms with van der Waals surface area (Å²) in [5, 5.41) is 0.206. The fourth-order valence-electron chi connectivity index (χ4n) is 3.17. The molecule has 0 aliphatic carbocycles. The molecule has 0 saturated carbocycles. The van der Waals surface area contributed by atoms with Crippen LogP contribution in [-0.2, 0) is 25.5 Å². The van der Waals surface area contributed by atoms with Crippen LogP contribution in [0.1, 0.15) is 26.3 Å². The lowest BCUT2D eigenvalue weighted by Crippen LogP contribution is -2.61. The molecule has 28 heavy (non-hydrogen) atoms. The van der Waals surface area contributed by atoms with Crippen molar-refractivity contribution in [3.05, 3.63) is 35.9 Å². The minimum atomic E-state index is -1.09. The normalized spacial score (nSPS) is 17.1. The second kappa shape index (κ2) is 9.54. The first kappa shape index (κ1) is 21.7. The van der Waals surface area contributed by atoms with E-state index in [0.29, 0.717) is 19.5 Å². The van der Waals surface area contributed by atoms with Crippen molar-refractivity contribution in [1.29, 1.82) is 0 Å². The first-order valence-corrected chi connectivity index (χ1v) is 9.59. The van der Waals surface area contributed by atoms with E-state index in [-0.39, 0.29) is 10.8 Å². The van der Waals surface area contributed by atoms with Gasteiger partial charge in [0.15, 0.2) is 17.1 Å². The van der Waals surface area contributed by atoms with Crippen LogP contribution in [0.4, 0.5) is 0 Å². The second-order valence-electron chi connectivity index (χ2n) is 6.38. The number of ether oxygens (including phenoxy) is 1. The van der Waals surface area contributed by atoms with Crippen molar-refractivity contribution in [2.45, 2.75) is 33.2 Å². The summed E-state index contributed by atoms with van der Waals surface area (Å²) in [5.41, 5.74) is 1.18. The van der Waals surface area contributed by atoms with Gasteiger partial charge in [-0.3, -0.25) is 24.4 Å². The van der Waals surface area contributed by atoms with Crippen molar-refractivity contribution >= 4 is 40.8 Å². The summed E-state index contributed by atoms with van der Waals surface area (Å²) in [6.45, 7) is 5.90. The summed E-state index contributed by atoms with van der Waals surface area (Å²) in [5.74, 6) is -2.43. The average Bonchev–Trinajstić information content (AvgIpc) is 2.68. The Balaban J connectivity index is 2.37. The van der Waals surface area contributed by atoms with Crippen LogP contribution in [0.5, 0.6) is 0 Å². The molecule has 7 nitrogen and oxygen atoms in total. The standard InChI is InChI=1S/C20H25N3O4S/c1-5-22-17(24)16(18(25)23(6-2)20(22)28)13(3)21-15(19(26)27-4)12-14-10-8-7-9-11-14/h7-11,15-16H,5-6,12H2,1-4H3/t15-/m0/s1. The third-order valence-electron chi connectivity index (χ3n) is 4.64. The monoisotopic (exact) mass is 403 g/mol. The Morgan fingerprint density at radius 2 is 1.68 bits per heavy atom. The molecule has 0 bridgehead atoms. The van der Waals surface area contributed by atoms with Gasteiger partial charge >= 0.3 is 5.97 Å². The number of nitrogens with zero attached hydrogens (tertiary/aromatic N) is 3. The molecule has 1 aromatic carbocycles. The summed E-state index contributed by atoms with van der Waals surface area (Å²) in [6, 6.07) is 8.54. The van der Waals surface area contributed by atoms with Crippen LogP contribution in [0.15, 0.2) is 35.3 Å². The number of aliphatic imine (C=N–C) groups is 1. The maximum atomic E-state index is 12.9. The number of carbonyl (C=O) groups is 3. The second-order valence-corrected chi connectivity index (χ2v) is 6.74. The maximum absolute atomic E-state index is 12.9. The van der Waals surface area contributed by atoms with Gasteiger partial charge in [-0.05, 0) is 38.6 Å². The highest BCUT2D eigenvalue weighted by Crippen LogP contribution is 2.21. The van der Waals surface area contributed by atoms with E-state index < -0.39 is 29.7 Å². The molecule has 2 amide bonds. The number of hydrogen-bond donors (Lipinski definition) is 0. The molecule has 1 aromatic rings. The molecule has 0 spiro atoms. The molecule has 1 fully saturated rings. The fraction of sp³-hybridized carbons (Fsp3) is 0.450. The molecule has 150 valence electrons. The van der Waals surface area contributed by atoms with Crippen molar-refractivity contribution in [3.63, 3.8) is 0 Å². The van der Waals surface area contributed by atoms with E-state index in [1.807, 2.05) is 30.3 Å². The average molecular weight is 404 g/mol. The Bertz CT molecular complexity index is 768. The molecule has 0 unspecified atom stereocenters. The van der Waals surface area contributed by atoms with Gasteiger partial charge in [-0.15, -0.1) is 0 Å². The minimum absolute atomic E-state index is 0.206. The smallest absolute Gasteiger partial charge is 0.330 e. The van der Waals surface area contributed by atoms with Crippen LogP contribution in [0.3, 0.4) is 0 Å². The third kappa shape index (κ3) is 4.44. The molecular formula is C20H25N3O4S. The van der Waals surface area contributed by atoms with Gasteiger partial charge in [-0.2, -0.15) is 0 Å². The van der Waals surface area contributed by atoms with Crippen LogP contribution in [0.25, 0.3) is 0 Å². The number of carbonyl (C=O) groups excluding carboxylic acids is 3. The van der Waals surface area contributed by atoms with E-state index in [4.69, 9.17) is 17.0 Å². The predicted octanol–water partition coefficient (Wildman–Crippen LogP) is 1.84. The van der Waals surface area contributed by atoms with Crippen molar-refractivity contribution in [2.75, 3.05) is 20.2 Å². The number of rotatable bonds is 7. The molecule has 1 saturated heterocycles. The van der Waals surface area contributed by atoms with Crippen molar-refractivity contribution in [1.82, 2.24) is 9.80 Å². The summed E-state index contributed by atoms with van der Waals surface area (Å²) in [4.78, 5) is 45.2. The van der Waals surface area contributed by atoms with Gasteiger partial charge in [0.1, 0.15) is 0 Å². The zero-order valence-corrected chi connectivity index (χ0v) is 17.4. The highest BCUT2D eigenvalue weighted by Gasteiger charge is 2.44. The van der Waals surface area contributed by atoms with Crippen LogP contribution in [0.2, 0.25) is 0 Å².